The Morgan fingerprint density at radius 1 is 1.72 bits per heavy atom. The number of carbonyl (C=O) groups excluding carboxylic acids is 1. The lowest BCUT2D eigenvalue weighted by atomic mass is 10.2. The molecule has 0 saturated carbocycles. The van der Waals surface area contributed by atoms with E-state index in [2.05, 4.69) is 15.6 Å². The highest BCUT2D eigenvalue weighted by molar-refractivity contribution is 6.04. The van der Waals surface area contributed by atoms with E-state index in [-0.39, 0.29) is 11.7 Å². The van der Waals surface area contributed by atoms with Crippen molar-refractivity contribution in [1.82, 2.24) is 9.78 Å². The first-order valence-corrected chi connectivity index (χ1v) is 5.38. The summed E-state index contributed by atoms with van der Waals surface area (Å²) in [7, 11) is 3.23. The van der Waals surface area contributed by atoms with Crippen molar-refractivity contribution in [2.75, 3.05) is 19.0 Å². The van der Waals surface area contributed by atoms with Crippen LogP contribution in [-0.4, -0.2) is 40.4 Å². The van der Waals surface area contributed by atoms with Crippen LogP contribution in [-0.2, 0) is 16.6 Å². The molecule has 1 aromatic heterocycles. The molecule has 4 N–H and O–H groups in total. The Hall–Kier alpha value is -2.09. The Morgan fingerprint density at radius 2 is 2.44 bits per heavy atom. The maximum absolute atomic E-state index is 11.6. The van der Waals surface area contributed by atoms with Crippen LogP contribution in [0.15, 0.2) is 11.4 Å². The number of nitrogens with zero attached hydrogens (tertiary/aromatic N) is 3. The Morgan fingerprint density at radius 3 is 3.06 bits per heavy atom. The van der Waals surface area contributed by atoms with Crippen LogP contribution in [0.5, 0.6) is 0 Å². The minimum atomic E-state index is -0.178. The molecule has 18 heavy (non-hydrogen) atoms. The average Bonchev–Trinajstić information content (AvgIpc) is 2.71. The number of amides is 1. The van der Waals surface area contributed by atoms with Crippen molar-refractivity contribution < 1.29 is 14.7 Å². The van der Waals surface area contributed by atoms with Crippen LogP contribution in [0.25, 0.3) is 0 Å². The number of methoxy groups -OCH3 is 1. The molecular formula is C10H17N5O3. The second-order valence-corrected chi connectivity index (χ2v) is 3.66. The fraction of sp³-hybridized carbons (Fsp3) is 0.500. The van der Waals surface area contributed by atoms with E-state index in [1.165, 1.54) is 10.9 Å². The molecule has 0 aliphatic heterocycles. The summed E-state index contributed by atoms with van der Waals surface area (Å²) in [5.41, 5.74) is 5.86. The van der Waals surface area contributed by atoms with Gasteiger partial charge in [0.2, 0.25) is 5.91 Å². The number of nitrogens with two attached hydrogens (primary N) is 1. The van der Waals surface area contributed by atoms with Gasteiger partial charge >= 0.3 is 0 Å². The van der Waals surface area contributed by atoms with Crippen molar-refractivity contribution in [2.24, 2.45) is 17.9 Å². The molecule has 0 aliphatic carbocycles. The van der Waals surface area contributed by atoms with Gasteiger partial charge in [0.1, 0.15) is 5.82 Å². The van der Waals surface area contributed by atoms with Gasteiger partial charge in [-0.05, 0) is 6.42 Å². The molecule has 0 unspecified atom stereocenters. The number of aromatic nitrogens is 2. The zero-order chi connectivity index (χ0) is 13.5. The van der Waals surface area contributed by atoms with Crippen molar-refractivity contribution in [2.45, 2.75) is 12.8 Å². The second-order valence-electron chi connectivity index (χ2n) is 3.66. The van der Waals surface area contributed by atoms with Gasteiger partial charge in [-0.2, -0.15) is 5.10 Å². The van der Waals surface area contributed by atoms with E-state index < -0.39 is 0 Å². The smallest absolute Gasteiger partial charge is 0.225 e. The number of hydrogen-bond acceptors (Lipinski definition) is 5. The molecule has 1 rings (SSSR count). The van der Waals surface area contributed by atoms with Crippen molar-refractivity contribution in [3.8, 4) is 0 Å². The minimum Gasteiger partial charge on any atom is -0.409 e. The summed E-state index contributed by atoms with van der Waals surface area (Å²) in [6.07, 6.45) is 2.37. The number of rotatable bonds is 6. The van der Waals surface area contributed by atoms with Crippen molar-refractivity contribution in [3.63, 3.8) is 0 Å². The highest BCUT2D eigenvalue weighted by Crippen LogP contribution is 2.14. The van der Waals surface area contributed by atoms with E-state index in [0.29, 0.717) is 30.8 Å². The molecule has 8 heteroatoms. The number of hydrogen-bond donors (Lipinski definition) is 3. The largest absolute Gasteiger partial charge is 0.409 e. The van der Waals surface area contributed by atoms with Gasteiger partial charge in [0.25, 0.3) is 0 Å². The van der Waals surface area contributed by atoms with Gasteiger partial charge in [-0.15, -0.1) is 0 Å². The molecular weight excluding hydrogens is 238 g/mol. The van der Waals surface area contributed by atoms with Crippen LogP contribution in [0.2, 0.25) is 0 Å². The first kappa shape index (κ1) is 14.0. The number of carbonyl (C=O) groups is 1. The van der Waals surface area contributed by atoms with Gasteiger partial charge in [0.15, 0.2) is 5.84 Å². The number of amidine groups is 1. The van der Waals surface area contributed by atoms with E-state index in [1.54, 1.807) is 14.2 Å². The van der Waals surface area contributed by atoms with Crippen LogP contribution >= 0.6 is 0 Å². The Kier molecular flexibility index (Phi) is 5.12. The third-order valence-corrected chi connectivity index (χ3v) is 2.33. The predicted molar refractivity (Wildman–Crippen MR) is 65.5 cm³/mol. The summed E-state index contributed by atoms with van der Waals surface area (Å²) in [6.45, 7) is 0.520. The summed E-state index contributed by atoms with van der Waals surface area (Å²) in [5, 5.41) is 18.1. The van der Waals surface area contributed by atoms with Crippen molar-refractivity contribution >= 4 is 17.6 Å². The molecule has 8 nitrogen and oxygen atoms in total. The Bertz CT molecular complexity index is 441. The molecule has 0 bridgehead atoms. The van der Waals surface area contributed by atoms with Gasteiger partial charge in [0.05, 0.1) is 11.8 Å². The van der Waals surface area contributed by atoms with Crippen LogP contribution < -0.4 is 11.1 Å². The quantitative estimate of drug-likeness (QED) is 0.215. The topological polar surface area (TPSA) is 115 Å². The molecule has 0 fully saturated rings. The zero-order valence-electron chi connectivity index (χ0n) is 10.4. The SMILES string of the molecule is COCCCC(=O)Nc1c(C(N)=NO)cnn1C. The Labute approximate surface area is 104 Å². The molecule has 0 spiro atoms. The van der Waals surface area contributed by atoms with Gasteiger partial charge in [-0.3, -0.25) is 9.48 Å². The molecule has 0 saturated heterocycles. The lowest BCUT2D eigenvalue weighted by molar-refractivity contribution is -0.116. The molecule has 0 aromatic carbocycles. The maximum Gasteiger partial charge on any atom is 0.225 e. The Balaban J connectivity index is 2.72. The third kappa shape index (κ3) is 3.45. The fourth-order valence-electron chi connectivity index (χ4n) is 1.40. The zero-order valence-corrected chi connectivity index (χ0v) is 10.4. The summed E-state index contributed by atoms with van der Waals surface area (Å²) < 4.78 is 6.31. The van der Waals surface area contributed by atoms with Gasteiger partial charge in [0, 0.05) is 27.2 Å². The standard InChI is InChI=1S/C10H17N5O3/c1-15-10(7(6-12-15)9(11)14-17)13-8(16)4-3-5-18-2/h6,17H,3-5H2,1-2H3,(H2,11,14)(H,13,16). The van der Waals surface area contributed by atoms with Crippen LogP contribution in [0, 0.1) is 0 Å². The minimum absolute atomic E-state index is 0.102. The first-order chi connectivity index (χ1) is 8.60. The van der Waals surface area contributed by atoms with Crippen LogP contribution in [0.3, 0.4) is 0 Å². The van der Waals surface area contributed by atoms with Crippen molar-refractivity contribution in [3.05, 3.63) is 11.8 Å². The van der Waals surface area contributed by atoms with E-state index in [1.807, 2.05) is 0 Å². The third-order valence-electron chi connectivity index (χ3n) is 2.33. The van der Waals surface area contributed by atoms with E-state index in [4.69, 9.17) is 15.7 Å². The number of nitrogens with one attached hydrogen (secondary N) is 1. The number of aryl methyl sites for hydroxylation is 1. The fourth-order valence-corrected chi connectivity index (χ4v) is 1.40. The average molecular weight is 255 g/mol. The maximum atomic E-state index is 11.6. The predicted octanol–water partition coefficient (Wildman–Crippen LogP) is -0.120. The first-order valence-electron chi connectivity index (χ1n) is 5.38. The van der Waals surface area contributed by atoms with E-state index >= 15 is 0 Å². The summed E-state index contributed by atoms with van der Waals surface area (Å²) in [5.74, 6) is 0.116. The second kappa shape index (κ2) is 6.60. The van der Waals surface area contributed by atoms with Crippen LogP contribution in [0.4, 0.5) is 5.82 Å². The molecule has 0 atom stereocenters. The molecule has 0 aliphatic rings. The highest BCUT2D eigenvalue weighted by atomic mass is 16.5. The lowest BCUT2D eigenvalue weighted by Gasteiger charge is -2.07. The van der Waals surface area contributed by atoms with Crippen LogP contribution in [0.1, 0.15) is 18.4 Å². The summed E-state index contributed by atoms with van der Waals surface area (Å²) >= 11 is 0. The monoisotopic (exact) mass is 255 g/mol. The number of oxime groups is 1. The number of ether oxygens (including phenoxy) is 1. The van der Waals surface area contributed by atoms with Gasteiger partial charge in [-0.1, -0.05) is 5.16 Å². The summed E-state index contributed by atoms with van der Waals surface area (Å²) in [6, 6.07) is 0. The van der Waals surface area contributed by atoms with E-state index in [9.17, 15) is 4.79 Å². The molecule has 100 valence electrons. The van der Waals surface area contributed by atoms with Gasteiger partial charge in [-0.25, -0.2) is 0 Å². The van der Waals surface area contributed by atoms with E-state index in [0.717, 1.165) is 0 Å². The number of anilines is 1. The molecule has 0 radical (unpaired) electrons. The normalized spacial score (nSPS) is 11.6. The molecule has 1 amide bonds. The highest BCUT2D eigenvalue weighted by Gasteiger charge is 2.14. The van der Waals surface area contributed by atoms with Gasteiger partial charge < -0.3 is 21.0 Å². The molecule has 1 aromatic rings. The van der Waals surface area contributed by atoms with Crippen molar-refractivity contribution in [1.29, 1.82) is 0 Å². The summed E-state index contributed by atoms with van der Waals surface area (Å²) in [4.78, 5) is 11.6. The molecule has 1 heterocycles. The lowest BCUT2D eigenvalue weighted by Crippen LogP contribution is -2.20.